The van der Waals surface area contributed by atoms with E-state index in [1.807, 2.05) is 27.0 Å². The van der Waals surface area contributed by atoms with Crippen molar-refractivity contribution in [1.82, 2.24) is 9.88 Å². The molecule has 1 amide bonds. The molecule has 0 aliphatic carbocycles. The quantitative estimate of drug-likeness (QED) is 0.449. The lowest BCUT2D eigenvalue weighted by Gasteiger charge is -2.38. The van der Waals surface area contributed by atoms with Crippen LogP contribution >= 0.6 is 11.8 Å². The smallest absolute Gasteiger partial charge is 0.407 e. The molecule has 142 valence electrons. The number of thioether (sulfide) groups is 1. The van der Waals surface area contributed by atoms with Gasteiger partial charge in [-0.2, -0.15) is 11.8 Å². The van der Waals surface area contributed by atoms with E-state index in [2.05, 4.69) is 29.5 Å². The summed E-state index contributed by atoms with van der Waals surface area (Å²) in [6.45, 7) is 13.1. The van der Waals surface area contributed by atoms with E-state index < -0.39 is 31.9 Å². The van der Waals surface area contributed by atoms with Crippen LogP contribution < -0.4 is 5.32 Å². The molecule has 0 saturated heterocycles. The highest BCUT2D eigenvalue weighted by atomic mass is 32.2. The summed E-state index contributed by atoms with van der Waals surface area (Å²) in [4.78, 5) is 23.3. The monoisotopic (exact) mass is 378 g/mol. The Bertz CT molecular complexity index is 408. The summed E-state index contributed by atoms with van der Waals surface area (Å²) in [5, 5.41) is 12.3. The Labute approximate surface area is 151 Å². The van der Waals surface area contributed by atoms with Crippen LogP contribution in [-0.2, 0) is 9.53 Å². The summed E-state index contributed by atoms with van der Waals surface area (Å²) in [6.07, 6.45) is 2.90. The fraction of sp³-hybridized carbons (Fsp3) is 0.875. The van der Waals surface area contributed by atoms with Crippen molar-refractivity contribution in [3.05, 3.63) is 0 Å². The minimum atomic E-state index is -1.78. The zero-order valence-electron chi connectivity index (χ0n) is 16.1. The zero-order valence-corrected chi connectivity index (χ0v) is 18.0. The summed E-state index contributed by atoms with van der Waals surface area (Å²) >= 11 is 1.66. The highest BCUT2D eigenvalue weighted by molar-refractivity contribution is 7.98. The van der Waals surface area contributed by atoms with Gasteiger partial charge in [0, 0.05) is 6.54 Å². The maximum atomic E-state index is 11.7. The van der Waals surface area contributed by atoms with Crippen LogP contribution in [0.25, 0.3) is 0 Å². The van der Waals surface area contributed by atoms with E-state index in [4.69, 9.17) is 4.74 Å². The van der Waals surface area contributed by atoms with Gasteiger partial charge in [-0.1, -0.05) is 19.6 Å². The predicted molar refractivity (Wildman–Crippen MR) is 103 cm³/mol. The lowest BCUT2D eigenvalue weighted by Crippen LogP contribution is -2.55. The third-order valence-electron chi connectivity index (χ3n) is 3.36. The molecule has 0 bridgehead atoms. The second kappa shape index (κ2) is 10.3. The first-order chi connectivity index (χ1) is 10.9. The van der Waals surface area contributed by atoms with E-state index in [1.165, 1.54) is 0 Å². The Balaban J connectivity index is 4.59. The first kappa shape index (κ1) is 23.3. The van der Waals surface area contributed by atoms with Gasteiger partial charge in [-0.25, -0.2) is 4.79 Å². The third kappa shape index (κ3) is 10.2. The molecule has 1 atom stereocenters. The number of aliphatic carboxylic acids is 1. The van der Waals surface area contributed by atoms with Gasteiger partial charge in [0.05, 0.1) is 0 Å². The first-order valence-corrected chi connectivity index (χ1v) is 13.2. The highest BCUT2D eigenvalue weighted by Crippen LogP contribution is 2.18. The van der Waals surface area contributed by atoms with E-state index in [1.54, 1.807) is 11.8 Å². The maximum absolute atomic E-state index is 11.7. The molecule has 6 nitrogen and oxygen atoms in total. The Kier molecular flexibility index (Phi) is 9.99. The summed E-state index contributed by atoms with van der Waals surface area (Å²) in [6, 6.07) is -0.453. The van der Waals surface area contributed by atoms with Crippen LogP contribution in [0.1, 0.15) is 33.6 Å². The molecule has 24 heavy (non-hydrogen) atoms. The number of carbonyl (C=O) groups excluding carboxylic acids is 1. The number of carboxylic acid groups (broad SMARTS) is 1. The zero-order chi connectivity index (χ0) is 19.0. The molecule has 2 N–H and O–H groups in total. The maximum Gasteiger partial charge on any atom is 0.407 e. The summed E-state index contributed by atoms with van der Waals surface area (Å²) in [5.74, 6) is 0.0697. The lowest BCUT2D eigenvalue weighted by molar-refractivity contribution is -0.141. The van der Waals surface area contributed by atoms with Crippen molar-refractivity contribution < 1.29 is 19.4 Å². The molecule has 0 spiro atoms. The van der Waals surface area contributed by atoms with Crippen LogP contribution in [0.15, 0.2) is 0 Å². The van der Waals surface area contributed by atoms with Crippen molar-refractivity contribution in [2.75, 3.05) is 25.1 Å². The molecule has 0 radical (unpaired) electrons. The summed E-state index contributed by atoms with van der Waals surface area (Å²) in [7, 11) is -1.78. The van der Waals surface area contributed by atoms with Gasteiger partial charge in [-0.3, -0.25) is 4.79 Å². The number of rotatable bonds is 10. The van der Waals surface area contributed by atoms with Crippen LogP contribution in [0.4, 0.5) is 4.79 Å². The molecule has 0 heterocycles. The number of amides is 1. The Morgan fingerprint density at radius 2 is 1.88 bits per heavy atom. The van der Waals surface area contributed by atoms with Crippen molar-refractivity contribution in [2.45, 2.75) is 64.9 Å². The Hall–Kier alpha value is -0.733. The number of carboxylic acids is 1. The topological polar surface area (TPSA) is 78.9 Å². The Morgan fingerprint density at radius 3 is 2.29 bits per heavy atom. The molecule has 0 aromatic heterocycles. The van der Waals surface area contributed by atoms with E-state index in [9.17, 15) is 14.7 Å². The number of hydrogen-bond acceptors (Lipinski definition) is 5. The lowest BCUT2D eigenvalue weighted by atomic mass is 10.2. The molecule has 0 fully saturated rings. The van der Waals surface area contributed by atoms with Gasteiger partial charge in [0.25, 0.3) is 0 Å². The van der Waals surface area contributed by atoms with E-state index >= 15 is 0 Å². The van der Waals surface area contributed by atoms with Crippen LogP contribution in [0.2, 0.25) is 19.6 Å². The van der Waals surface area contributed by atoms with Crippen LogP contribution in [0, 0.1) is 0 Å². The van der Waals surface area contributed by atoms with Crippen molar-refractivity contribution >= 4 is 32.1 Å². The largest absolute Gasteiger partial charge is 0.480 e. The number of carbonyl (C=O) groups is 2. The Morgan fingerprint density at radius 1 is 1.29 bits per heavy atom. The molecule has 0 aromatic carbocycles. The number of alkyl carbamates (subject to hydrolysis) is 1. The second-order valence-electron chi connectivity index (χ2n) is 7.78. The fourth-order valence-corrected chi connectivity index (χ4v) is 4.82. The SMILES string of the molecule is CSCC[C@@H](C(=O)O)N(CCCNC(=O)OC(C)(C)C)[Si](C)(C)C. The molecule has 0 saturated carbocycles. The molecule has 0 aromatic rings. The van der Waals surface area contributed by atoms with Gasteiger partial charge in [0.2, 0.25) is 0 Å². The van der Waals surface area contributed by atoms with Crippen molar-refractivity contribution in [1.29, 1.82) is 0 Å². The predicted octanol–water partition coefficient (Wildman–Crippen LogP) is 3.24. The third-order valence-corrected chi connectivity index (χ3v) is 6.26. The van der Waals surface area contributed by atoms with Crippen LogP contribution in [0.3, 0.4) is 0 Å². The highest BCUT2D eigenvalue weighted by Gasteiger charge is 2.34. The molecule has 0 unspecified atom stereocenters. The van der Waals surface area contributed by atoms with E-state index in [0.29, 0.717) is 25.9 Å². The normalized spacial score (nSPS) is 13.7. The van der Waals surface area contributed by atoms with E-state index in [0.717, 1.165) is 5.75 Å². The average molecular weight is 379 g/mol. The molecular formula is C16H34N2O4SSi. The fourth-order valence-electron chi connectivity index (χ4n) is 2.35. The van der Waals surface area contributed by atoms with Gasteiger partial charge in [-0.15, -0.1) is 0 Å². The summed E-state index contributed by atoms with van der Waals surface area (Å²) < 4.78 is 7.34. The number of hydrogen-bond donors (Lipinski definition) is 2. The van der Waals surface area contributed by atoms with E-state index in [-0.39, 0.29) is 0 Å². The second-order valence-corrected chi connectivity index (χ2v) is 13.7. The average Bonchev–Trinajstić information content (AvgIpc) is 2.37. The molecular weight excluding hydrogens is 344 g/mol. The van der Waals surface area contributed by atoms with Gasteiger partial charge >= 0.3 is 12.1 Å². The van der Waals surface area contributed by atoms with Gasteiger partial charge < -0.3 is 19.7 Å². The van der Waals surface area contributed by atoms with Gasteiger partial charge in [0.1, 0.15) is 19.9 Å². The number of nitrogens with zero attached hydrogens (tertiary/aromatic N) is 1. The number of nitrogens with one attached hydrogen (secondary N) is 1. The van der Waals surface area contributed by atoms with Gasteiger partial charge in [0.15, 0.2) is 0 Å². The molecule has 8 heteroatoms. The van der Waals surface area contributed by atoms with Crippen molar-refractivity contribution in [3.63, 3.8) is 0 Å². The van der Waals surface area contributed by atoms with Crippen LogP contribution in [-0.4, -0.2) is 66.7 Å². The molecule has 0 aliphatic rings. The van der Waals surface area contributed by atoms with Gasteiger partial charge in [-0.05, 0) is 52.2 Å². The minimum Gasteiger partial charge on any atom is -0.480 e. The standard InChI is InChI=1S/C16H34N2O4SSi/c1-16(2,3)22-15(21)17-10-8-11-18(24(5,6)7)13(14(19)20)9-12-23-4/h13H,8-12H2,1-7H3,(H,17,21)(H,19,20)/t13-/m0/s1. The van der Waals surface area contributed by atoms with Crippen molar-refractivity contribution in [3.8, 4) is 0 Å². The van der Waals surface area contributed by atoms with Crippen molar-refractivity contribution in [2.24, 2.45) is 0 Å². The summed E-state index contributed by atoms with van der Waals surface area (Å²) in [5.41, 5.74) is -0.513. The first-order valence-electron chi connectivity index (χ1n) is 8.34. The number of ether oxygens (including phenoxy) is 1. The molecule has 0 rings (SSSR count). The molecule has 0 aliphatic heterocycles. The van der Waals surface area contributed by atoms with Crippen LogP contribution in [0.5, 0.6) is 0 Å². The minimum absolute atomic E-state index is 0.431.